The normalized spacial score (nSPS) is 21.5. The molecule has 1 aromatic heterocycles. The van der Waals surface area contributed by atoms with E-state index in [1.165, 1.54) is 61.2 Å². The molecule has 3 heterocycles. The predicted molar refractivity (Wildman–Crippen MR) is 300 cm³/mol. The van der Waals surface area contributed by atoms with Gasteiger partial charge in [-0.2, -0.15) is 0 Å². The summed E-state index contributed by atoms with van der Waals surface area (Å²) in [4.78, 5) is 5.06. The Morgan fingerprint density at radius 1 is 0.486 bits per heavy atom. The lowest BCUT2D eigenvalue weighted by molar-refractivity contribution is 0.332. The Balaban J connectivity index is 1.21. The Morgan fingerprint density at radius 3 is 1.54 bits per heavy atom. The molecule has 0 saturated carbocycles. The maximum atomic E-state index is 8.92. The van der Waals surface area contributed by atoms with Crippen LogP contribution in [-0.4, -0.2) is 6.71 Å². The van der Waals surface area contributed by atoms with Crippen molar-refractivity contribution < 1.29 is 11.3 Å². The van der Waals surface area contributed by atoms with Gasteiger partial charge < -0.3 is 14.2 Å². The van der Waals surface area contributed by atoms with Crippen LogP contribution < -0.4 is 26.4 Å². The first-order valence-electron chi connectivity index (χ1n) is 28.8. The number of furan rings is 1. The first-order valence-corrected chi connectivity index (χ1v) is 26.3. The Morgan fingerprint density at radius 2 is 0.971 bits per heavy atom. The third kappa shape index (κ3) is 6.66. The van der Waals surface area contributed by atoms with Crippen molar-refractivity contribution in [1.82, 2.24) is 0 Å². The van der Waals surface area contributed by atoms with Crippen LogP contribution in [0.5, 0.6) is 0 Å². The first-order chi connectivity index (χ1) is 34.8. The average molecular weight is 928 g/mol. The predicted octanol–water partition coefficient (Wildman–Crippen LogP) is 16.5. The van der Waals surface area contributed by atoms with Crippen molar-refractivity contribution in [1.29, 1.82) is 0 Å². The van der Waals surface area contributed by atoms with Gasteiger partial charge in [0.15, 0.2) is 0 Å². The largest absolute Gasteiger partial charge is 0.468 e. The van der Waals surface area contributed by atoms with Gasteiger partial charge in [-0.25, -0.2) is 0 Å². The average Bonchev–Trinajstić information content (AvgIpc) is 3.72. The summed E-state index contributed by atoms with van der Waals surface area (Å²) in [6.07, 6.45) is 6.67. The van der Waals surface area contributed by atoms with Crippen molar-refractivity contribution in [2.45, 2.75) is 180 Å². The lowest BCUT2D eigenvalue weighted by Crippen LogP contribution is -2.61. The molecule has 4 heteroatoms. The molecule has 0 radical (unpaired) electrons. The maximum Gasteiger partial charge on any atom is 0.297 e. The van der Waals surface area contributed by atoms with Crippen molar-refractivity contribution in [3.05, 3.63) is 148 Å². The van der Waals surface area contributed by atoms with Crippen molar-refractivity contribution in [3.8, 4) is 11.1 Å². The van der Waals surface area contributed by atoms with E-state index in [0.29, 0.717) is 5.56 Å². The van der Waals surface area contributed by atoms with Crippen LogP contribution in [-0.2, 0) is 37.9 Å². The zero-order valence-corrected chi connectivity index (χ0v) is 44.6. The van der Waals surface area contributed by atoms with Crippen molar-refractivity contribution in [2.24, 2.45) is 0 Å². The van der Waals surface area contributed by atoms with Crippen molar-refractivity contribution in [3.63, 3.8) is 0 Å². The highest BCUT2D eigenvalue weighted by atomic mass is 16.3. The van der Waals surface area contributed by atoms with Crippen LogP contribution in [0.25, 0.3) is 22.1 Å². The van der Waals surface area contributed by atoms with Gasteiger partial charge in [-0.1, -0.05) is 158 Å². The lowest BCUT2D eigenvalue weighted by atomic mass is 9.35. The van der Waals surface area contributed by atoms with Gasteiger partial charge in [-0.3, -0.25) is 0 Å². The van der Waals surface area contributed by atoms with E-state index in [9.17, 15) is 0 Å². The second-order valence-corrected chi connectivity index (χ2v) is 27.0. The van der Waals surface area contributed by atoms with Crippen LogP contribution >= 0.6 is 0 Å². The van der Waals surface area contributed by atoms with Gasteiger partial charge in [0.1, 0.15) is 5.58 Å². The number of anilines is 6. The van der Waals surface area contributed by atoms with E-state index in [1.807, 2.05) is 12.1 Å². The number of benzene rings is 6. The standard InChI is InChI=1S/C66H75BN2O/c1-60(2,3)42-33-54-57-55(34-42)69(43-23-21-41(22-24-43)40-19-17-16-18-20-40)58-45-36-48-51(66(14,15)32-29-63(48,8)9)39-56(45)70-59(58)67(57)52-37-49-50(65(12,13)31-30-64(49,10)11)38-53(52)68(54)44-25-26-46-47(35-44)62(6,7)28-27-61(46,4)5/h16-26,33-39H,27-32H2,1-15H3/i16D,17D,18D,19D,20D. The Bertz CT molecular complexity index is 3600. The van der Waals surface area contributed by atoms with E-state index >= 15 is 0 Å². The summed E-state index contributed by atoms with van der Waals surface area (Å²) >= 11 is 0. The van der Waals surface area contributed by atoms with Crippen LogP contribution in [0.15, 0.2) is 113 Å². The fraction of sp³-hybridized carbons (Fsp3) is 0.424. The molecule has 0 bridgehead atoms. The van der Waals surface area contributed by atoms with Crippen LogP contribution in [0.2, 0.25) is 0 Å². The Kier molecular flexibility index (Phi) is 8.36. The van der Waals surface area contributed by atoms with Crippen molar-refractivity contribution in [2.75, 3.05) is 9.80 Å². The summed E-state index contributed by atoms with van der Waals surface area (Å²) in [5, 5.41) is 1.08. The molecule has 5 aliphatic rings. The summed E-state index contributed by atoms with van der Waals surface area (Å²) in [5.41, 5.74) is 21.0. The molecule has 0 N–H and O–H groups in total. The second kappa shape index (κ2) is 14.6. The van der Waals surface area contributed by atoms with Gasteiger partial charge in [0.25, 0.3) is 6.71 Å². The molecule has 0 spiro atoms. The molecular formula is C66H75BN2O. The number of rotatable bonds is 3. The molecule has 7 aromatic rings. The van der Waals surface area contributed by atoms with Gasteiger partial charge in [0.2, 0.25) is 0 Å². The monoisotopic (exact) mass is 928 g/mol. The highest BCUT2D eigenvalue weighted by molar-refractivity contribution is 7.00. The van der Waals surface area contributed by atoms with Crippen molar-refractivity contribution >= 4 is 68.4 Å². The second-order valence-electron chi connectivity index (χ2n) is 27.0. The van der Waals surface area contributed by atoms with E-state index in [0.717, 1.165) is 77.9 Å². The Labute approximate surface area is 427 Å². The van der Waals surface area contributed by atoms with Crippen LogP contribution in [0, 0.1) is 0 Å². The van der Waals surface area contributed by atoms with E-state index in [2.05, 4.69) is 180 Å². The summed E-state index contributed by atoms with van der Waals surface area (Å²) in [7, 11) is 0. The molecule has 0 atom stereocenters. The topological polar surface area (TPSA) is 19.6 Å². The van der Waals surface area contributed by atoms with Gasteiger partial charge in [-0.05, 0) is 192 Å². The minimum Gasteiger partial charge on any atom is -0.468 e. The third-order valence-corrected chi connectivity index (χ3v) is 18.5. The third-order valence-electron chi connectivity index (χ3n) is 18.5. The highest BCUT2D eigenvalue weighted by Gasteiger charge is 2.50. The zero-order chi connectivity index (χ0) is 53.8. The molecule has 3 aliphatic carbocycles. The molecule has 3 nitrogen and oxygen atoms in total. The molecule has 0 amide bonds. The zero-order valence-electron chi connectivity index (χ0n) is 49.6. The van der Waals surface area contributed by atoms with Crippen LogP contribution in [0.4, 0.5) is 34.1 Å². The molecule has 0 unspecified atom stereocenters. The number of fused-ring (bicyclic) bond motifs is 9. The van der Waals surface area contributed by atoms with Gasteiger partial charge >= 0.3 is 0 Å². The minimum absolute atomic E-state index is 0.000169. The fourth-order valence-electron chi connectivity index (χ4n) is 13.5. The lowest BCUT2D eigenvalue weighted by Gasteiger charge is -2.47. The molecule has 70 heavy (non-hydrogen) atoms. The molecule has 0 fully saturated rings. The molecular weight excluding hydrogens is 848 g/mol. The van der Waals surface area contributed by atoms with E-state index in [4.69, 9.17) is 11.3 Å². The van der Waals surface area contributed by atoms with Gasteiger partial charge in [0, 0.05) is 33.8 Å². The van der Waals surface area contributed by atoms with Crippen LogP contribution in [0.1, 0.15) is 188 Å². The molecule has 12 rings (SSSR count). The molecule has 6 aromatic carbocycles. The quantitative estimate of drug-likeness (QED) is 0.165. The summed E-state index contributed by atoms with van der Waals surface area (Å²) in [5.74, 6) is 0. The van der Waals surface area contributed by atoms with Gasteiger partial charge in [-0.15, -0.1) is 0 Å². The molecule has 358 valence electrons. The molecule has 2 aliphatic heterocycles. The fourth-order valence-corrected chi connectivity index (χ4v) is 13.5. The summed E-state index contributed by atoms with van der Waals surface area (Å²) in [6.45, 7) is 35.7. The first kappa shape index (κ1) is 40.2. The van der Waals surface area contributed by atoms with E-state index in [1.54, 1.807) is 0 Å². The van der Waals surface area contributed by atoms with E-state index in [-0.39, 0.29) is 74.4 Å². The summed E-state index contributed by atoms with van der Waals surface area (Å²) < 4.78 is 50.9. The van der Waals surface area contributed by atoms with Crippen LogP contribution in [0.3, 0.4) is 0 Å². The number of hydrogen-bond donors (Lipinski definition) is 0. The number of hydrogen-bond acceptors (Lipinski definition) is 3. The molecule has 0 saturated heterocycles. The smallest absolute Gasteiger partial charge is 0.297 e. The Hall–Kier alpha value is -5.48. The minimum atomic E-state index is -0.392. The maximum absolute atomic E-state index is 8.92. The SMILES string of the molecule is [2H]c1c([2H])c([2H])c(-c2ccc(N3c4cc(C(C)(C)C)cc5c4B(c4cc6c(cc4N5c4ccc5c(c4)C(C)(C)CCC5(C)C)C(C)(C)CCC6(C)C)c4oc5cc6c(cc5c43)C(C)(C)CCC6(C)C)cc2)c([2H])c1[2H]. The number of nitrogens with zero attached hydrogens (tertiary/aromatic N) is 2. The van der Waals surface area contributed by atoms with E-state index < -0.39 is 6.04 Å². The van der Waals surface area contributed by atoms with Gasteiger partial charge in [0.05, 0.1) is 18.2 Å². The summed E-state index contributed by atoms with van der Waals surface area (Å²) in [6, 6.07) is 28.8. The highest BCUT2D eigenvalue weighted by Crippen LogP contribution is 2.55.